The largest absolute Gasteiger partial charge is 0.378 e. The van der Waals surface area contributed by atoms with Crippen LogP contribution in [0.2, 0.25) is 0 Å². The first-order chi connectivity index (χ1) is 6.75. The summed E-state index contributed by atoms with van der Waals surface area (Å²) < 4.78 is 5.45. The van der Waals surface area contributed by atoms with Crippen LogP contribution >= 0.6 is 12.4 Å². The summed E-state index contributed by atoms with van der Waals surface area (Å²) in [6.45, 7) is 6.86. The van der Waals surface area contributed by atoms with Gasteiger partial charge in [0, 0.05) is 6.54 Å². The van der Waals surface area contributed by atoms with E-state index in [4.69, 9.17) is 4.74 Å². The molecule has 2 nitrogen and oxygen atoms in total. The number of halogens is 1. The molecule has 0 saturated carbocycles. The molecular weight excluding hydrogens is 210 g/mol. The van der Waals surface area contributed by atoms with Crippen LogP contribution in [0.25, 0.3) is 0 Å². The first-order valence-electron chi connectivity index (χ1n) is 5.15. The quantitative estimate of drug-likeness (QED) is 0.796. The number of benzene rings is 1. The highest BCUT2D eigenvalue weighted by atomic mass is 35.5. The van der Waals surface area contributed by atoms with Gasteiger partial charge in [0.25, 0.3) is 0 Å². The Bertz CT molecular complexity index is 301. The lowest BCUT2D eigenvalue weighted by Gasteiger charge is -2.24. The summed E-state index contributed by atoms with van der Waals surface area (Å²) in [5.74, 6) is 0. The lowest BCUT2D eigenvalue weighted by Crippen LogP contribution is -2.34. The minimum atomic E-state index is 0. The first kappa shape index (κ1) is 12.5. The minimum absolute atomic E-state index is 0. The smallest absolute Gasteiger partial charge is 0.0662 e. The van der Waals surface area contributed by atoms with Gasteiger partial charge in [-0.05, 0) is 19.4 Å². The predicted molar refractivity (Wildman–Crippen MR) is 64.7 cm³/mol. The van der Waals surface area contributed by atoms with Crippen LogP contribution in [-0.2, 0) is 4.74 Å². The third-order valence-electron chi connectivity index (χ3n) is 2.57. The van der Waals surface area contributed by atoms with Crippen LogP contribution < -0.4 is 5.32 Å². The van der Waals surface area contributed by atoms with E-state index >= 15 is 0 Å². The molecule has 1 atom stereocenters. The summed E-state index contributed by atoms with van der Waals surface area (Å²) in [4.78, 5) is 0. The van der Waals surface area contributed by atoms with E-state index in [0.29, 0.717) is 6.04 Å². The molecule has 0 bridgehead atoms. The average molecular weight is 228 g/mol. The van der Waals surface area contributed by atoms with Gasteiger partial charge in [0.05, 0.1) is 19.3 Å². The average Bonchev–Trinajstić information content (AvgIpc) is 2.18. The summed E-state index contributed by atoms with van der Waals surface area (Å²) in [5, 5.41) is 3.46. The maximum atomic E-state index is 5.45. The number of nitrogens with one attached hydrogen (secondary N) is 1. The molecule has 1 N–H and O–H groups in total. The maximum Gasteiger partial charge on any atom is 0.0662 e. The van der Waals surface area contributed by atoms with Gasteiger partial charge in [0.1, 0.15) is 0 Å². The van der Waals surface area contributed by atoms with E-state index in [1.807, 2.05) is 0 Å². The molecule has 0 aliphatic carbocycles. The highest BCUT2D eigenvalue weighted by Crippen LogP contribution is 2.18. The molecule has 3 heteroatoms. The van der Waals surface area contributed by atoms with Gasteiger partial charge in [0.15, 0.2) is 0 Å². The van der Waals surface area contributed by atoms with E-state index < -0.39 is 0 Å². The number of aryl methyl sites for hydroxylation is 2. The molecule has 1 aromatic carbocycles. The van der Waals surface area contributed by atoms with Gasteiger partial charge < -0.3 is 10.1 Å². The number of rotatable bonds is 1. The fourth-order valence-electron chi connectivity index (χ4n) is 1.99. The van der Waals surface area contributed by atoms with Crippen molar-refractivity contribution in [2.24, 2.45) is 0 Å². The van der Waals surface area contributed by atoms with Gasteiger partial charge in [-0.1, -0.05) is 29.3 Å². The number of ether oxygens (including phenoxy) is 1. The van der Waals surface area contributed by atoms with Crippen molar-refractivity contribution in [3.05, 3.63) is 34.9 Å². The van der Waals surface area contributed by atoms with Crippen molar-refractivity contribution in [3.8, 4) is 0 Å². The zero-order valence-electron chi connectivity index (χ0n) is 9.25. The Morgan fingerprint density at radius 1 is 1.20 bits per heavy atom. The molecule has 84 valence electrons. The molecule has 0 unspecified atom stereocenters. The van der Waals surface area contributed by atoms with Crippen LogP contribution in [-0.4, -0.2) is 19.8 Å². The van der Waals surface area contributed by atoms with Gasteiger partial charge in [-0.15, -0.1) is 12.4 Å². The Kier molecular flexibility index (Phi) is 4.58. The van der Waals surface area contributed by atoms with Crippen molar-refractivity contribution < 1.29 is 4.74 Å². The van der Waals surface area contributed by atoms with Crippen LogP contribution in [0.3, 0.4) is 0 Å². The molecule has 1 aromatic rings. The zero-order chi connectivity index (χ0) is 9.97. The molecular formula is C12H18ClNO. The van der Waals surface area contributed by atoms with Crippen molar-refractivity contribution >= 4 is 12.4 Å². The number of hydrogen-bond acceptors (Lipinski definition) is 2. The summed E-state index contributed by atoms with van der Waals surface area (Å²) in [5.41, 5.74) is 4.00. The Morgan fingerprint density at radius 2 is 1.87 bits per heavy atom. The van der Waals surface area contributed by atoms with Gasteiger partial charge in [-0.2, -0.15) is 0 Å². The van der Waals surface area contributed by atoms with Crippen molar-refractivity contribution in [2.45, 2.75) is 19.9 Å². The first-order valence-corrected chi connectivity index (χ1v) is 5.15. The second kappa shape index (κ2) is 5.50. The third-order valence-corrected chi connectivity index (χ3v) is 2.57. The molecule has 0 radical (unpaired) electrons. The second-order valence-corrected chi connectivity index (χ2v) is 4.00. The standard InChI is InChI=1S/C12H17NO.ClH/c1-9-5-10(2)7-11(6-9)12-8-14-4-3-13-12;/h5-7,12-13H,3-4,8H2,1-2H3;1H/t12-;/m1./s1. The zero-order valence-corrected chi connectivity index (χ0v) is 10.1. The van der Waals surface area contributed by atoms with Crippen LogP contribution in [0, 0.1) is 13.8 Å². The second-order valence-electron chi connectivity index (χ2n) is 4.00. The van der Waals surface area contributed by atoms with Crippen LogP contribution in [0.5, 0.6) is 0 Å². The number of hydrogen-bond donors (Lipinski definition) is 1. The summed E-state index contributed by atoms with van der Waals surface area (Å²) in [7, 11) is 0. The van der Waals surface area contributed by atoms with E-state index in [2.05, 4.69) is 37.4 Å². The molecule has 1 fully saturated rings. The van der Waals surface area contributed by atoms with E-state index in [-0.39, 0.29) is 12.4 Å². The molecule has 0 spiro atoms. The molecule has 2 rings (SSSR count). The lowest BCUT2D eigenvalue weighted by atomic mass is 10.0. The van der Waals surface area contributed by atoms with Gasteiger partial charge >= 0.3 is 0 Å². The molecule has 1 saturated heterocycles. The SMILES string of the molecule is Cc1cc(C)cc([C@H]2COCCN2)c1.Cl. The fraction of sp³-hybridized carbons (Fsp3) is 0.500. The van der Waals surface area contributed by atoms with Gasteiger partial charge in [0.2, 0.25) is 0 Å². The monoisotopic (exact) mass is 227 g/mol. The predicted octanol–water partition coefficient (Wildman–Crippen LogP) is 2.39. The van der Waals surface area contributed by atoms with Crippen LogP contribution in [0.1, 0.15) is 22.7 Å². The molecule has 1 aliphatic heterocycles. The van der Waals surface area contributed by atoms with E-state index in [0.717, 1.165) is 19.8 Å². The van der Waals surface area contributed by atoms with Gasteiger partial charge in [-0.25, -0.2) is 0 Å². The van der Waals surface area contributed by atoms with E-state index in [1.165, 1.54) is 16.7 Å². The van der Waals surface area contributed by atoms with E-state index in [9.17, 15) is 0 Å². The summed E-state index contributed by atoms with van der Waals surface area (Å²) in [6, 6.07) is 7.05. The normalized spacial score (nSPS) is 20.8. The lowest BCUT2D eigenvalue weighted by molar-refractivity contribution is 0.0768. The highest BCUT2D eigenvalue weighted by Gasteiger charge is 2.15. The fourth-order valence-corrected chi connectivity index (χ4v) is 1.99. The van der Waals surface area contributed by atoms with Crippen LogP contribution in [0.15, 0.2) is 18.2 Å². The van der Waals surface area contributed by atoms with E-state index in [1.54, 1.807) is 0 Å². The topological polar surface area (TPSA) is 21.3 Å². The van der Waals surface area contributed by atoms with Crippen molar-refractivity contribution in [2.75, 3.05) is 19.8 Å². The minimum Gasteiger partial charge on any atom is -0.378 e. The summed E-state index contributed by atoms with van der Waals surface area (Å²) in [6.07, 6.45) is 0. The molecule has 0 amide bonds. The number of morpholine rings is 1. The van der Waals surface area contributed by atoms with Crippen molar-refractivity contribution in [1.29, 1.82) is 0 Å². The Hall–Kier alpha value is -0.570. The van der Waals surface area contributed by atoms with Crippen LogP contribution in [0.4, 0.5) is 0 Å². The Labute approximate surface area is 97.4 Å². The molecule has 1 aliphatic rings. The van der Waals surface area contributed by atoms with Crippen molar-refractivity contribution in [3.63, 3.8) is 0 Å². The van der Waals surface area contributed by atoms with Gasteiger partial charge in [-0.3, -0.25) is 0 Å². The van der Waals surface area contributed by atoms with Crippen molar-refractivity contribution in [1.82, 2.24) is 5.32 Å². The maximum absolute atomic E-state index is 5.45. The third kappa shape index (κ3) is 3.20. The highest BCUT2D eigenvalue weighted by molar-refractivity contribution is 5.85. The molecule has 15 heavy (non-hydrogen) atoms. The Balaban J connectivity index is 0.00000112. The summed E-state index contributed by atoms with van der Waals surface area (Å²) >= 11 is 0. The molecule has 0 aromatic heterocycles. The molecule has 1 heterocycles. The Morgan fingerprint density at radius 3 is 2.40 bits per heavy atom.